The summed E-state index contributed by atoms with van der Waals surface area (Å²) in [6.45, 7) is 8.72. The van der Waals surface area contributed by atoms with E-state index in [1.165, 1.54) is 6.42 Å². The first-order valence-electron chi connectivity index (χ1n) is 9.08. The van der Waals surface area contributed by atoms with Gasteiger partial charge in [0.1, 0.15) is 12.2 Å². The fourth-order valence-electron chi connectivity index (χ4n) is 3.92. The Kier molecular flexibility index (Phi) is 5.30. The Bertz CT molecular complexity index is 521. The first kappa shape index (κ1) is 16.4. The average Bonchev–Trinajstić information content (AvgIpc) is 3.04. The molecule has 0 saturated carbocycles. The van der Waals surface area contributed by atoms with Crippen molar-refractivity contribution in [3.63, 3.8) is 0 Å². The monoisotopic (exact) mass is 319 g/mol. The quantitative estimate of drug-likeness (QED) is 0.850. The first-order valence-corrected chi connectivity index (χ1v) is 9.08. The summed E-state index contributed by atoms with van der Waals surface area (Å²) in [6, 6.07) is 0.414. The van der Waals surface area contributed by atoms with Crippen molar-refractivity contribution in [3.8, 4) is 0 Å². The maximum absolute atomic E-state index is 12.5. The maximum Gasteiger partial charge on any atom is 0.236 e. The van der Waals surface area contributed by atoms with Crippen molar-refractivity contribution in [1.82, 2.24) is 24.6 Å². The van der Waals surface area contributed by atoms with Gasteiger partial charge in [-0.1, -0.05) is 0 Å². The maximum atomic E-state index is 12.5. The molecule has 0 radical (unpaired) electrons. The van der Waals surface area contributed by atoms with Crippen molar-refractivity contribution in [2.24, 2.45) is 0 Å². The van der Waals surface area contributed by atoms with Gasteiger partial charge in [0, 0.05) is 25.0 Å². The van der Waals surface area contributed by atoms with Gasteiger partial charge in [-0.05, 0) is 59.0 Å². The topological polar surface area (TPSA) is 54.3 Å². The van der Waals surface area contributed by atoms with Crippen LogP contribution in [0.5, 0.6) is 0 Å². The van der Waals surface area contributed by atoms with Crippen LogP contribution >= 0.6 is 0 Å². The van der Waals surface area contributed by atoms with E-state index >= 15 is 0 Å². The molecule has 3 rings (SSSR count). The molecule has 1 amide bonds. The van der Waals surface area contributed by atoms with Gasteiger partial charge in [-0.15, -0.1) is 10.2 Å². The zero-order valence-electron chi connectivity index (χ0n) is 14.4. The van der Waals surface area contributed by atoms with Crippen molar-refractivity contribution in [2.45, 2.75) is 64.5 Å². The van der Waals surface area contributed by atoms with Crippen LogP contribution in [0.4, 0.5) is 0 Å². The van der Waals surface area contributed by atoms with Crippen LogP contribution in [0, 0.1) is 0 Å². The second kappa shape index (κ2) is 7.43. The molecule has 0 aromatic carbocycles. The van der Waals surface area contributed by atoms with E-state index in [9.17, 15) is 4.79 Å². The summed E-state index contributed by atoms with van der Waals surface area (Å²) in [5.41, 5.74) is 0. The normalized spacial score (nSPS) is 24.1. The van der Waals surface area contributed by atoms with Crippen LogP contribution in [-0.4, -0.2) is 62.7 Å². The van der Waals surface area contributed by atoms with Crippen LogP contribution in [-0.2, 0) is 11.3 Å². The van der Waals surface area contributed by atoms with E-state index < -0.39 is 0 Å². The first-order chi connectivity index (χ1) is 11.2. The van der Waals surface area contributed by atoms with Crippen LogP contribution in [0.1, 0.15) is 57.7 Å². The van der Waals surface area contributed by atoms with Gasteiger partial charge in [-0.3, -0.25) is 9.69 Å². The zero-order chi connectivity index (χ0) is 16.2. The number of carbonyl (C=O) groups excluding carboxylic acids is 1. The lowest BCUT2D eigenvalue weighted by Gasteiger charge is -2.37. The highest BCUT2D eigenvalue weighted by Gasteiger charge is 2.28. The summed E-state index contributed by atoms with van der Waals surface area (Å²) in [4.78, 5) is 16.9. The number of nitrogens with zero attached hydrogens (tertiary/aromatic N) is 5. The number of aromatic nitrogens is 3. The van der Waals surface area contributed by atoms with Crippen LogP contribution < -0.4 is 0 Å². The second-order valence-corrected chi connectivity index (χ2v) is 6.96. The van der Waals surface area contributed by atoms with Gasteiger partial charge in [-0.2, -0.15) is 0 Å². The molecular weight excluding hydrogens is 290 g/mol. The molecule has 0 aliphatic carbocycles. The third-order valence-corrected chi connectivity index (χ3v) is 5.42. The van der Waals surface area contributed by atoms with E-state index in [-0.39, 0.29) is 0 Å². The third-order valence-electron chi connectivity index (χ3n) is 5.42. The summed E-state index contributed by atoms with van der Waals surface area (Å²) in [5.74, 6) is 1.91. The fraction of sp³-hybridized carbons (Fsp3) is 0.824. The lowest BCUT2D eigenvalue weighted by Crippen LogP contribution is -2.48. The molecule has 2 saturated heterocycles. The highest BCUT2D eigenvalue weighted by molar-refractivity contribution is 5.78. The highest BCUT2D eigenvalue weighted by atomic mass is 16.2. The molecule has 0 bridgehead atoms. The van der Waals surface area contributed by atoms with Crippen molar-refractivity contribution < 1.29 is 4.79 Å². The van der Waals surface area contributed by atoms with Crippen LogP contribution in [0.15, 0.2) is 6.33 Å². The van der Waals surface area contributed by atoms with E-state index in [0.29, 0.717) is 24.4 Å². The Morgan fingerprint density at radius 3 is 2.70 bits per heavy atom. The number of likely N-dealkylation sites (tertiary alicyclic amines) is 2. The molecule has 1 aromatic heterocycles. The molecular formula is C17H29N5O. The fourth-order valence-corrected chi connectivity index (χ4v) is 3.92. The molecule has 2 aliphatic heterocycles. The van der Waals surface area contributed by atoms with Crippen molar-refractivity contribution >= 4 is 5.91 Å². The molecule has 6 nitrogen and oxygen atoms in total. The van der Waals surface area contributed by atoms with E-state index in [1.54, 1.807) is 0 Å². The highest BCUT2D eigenvalue weighted by Crippen LogP contribution is 2.26. The lowest BCUT2D eigenvalue weighted by atomic mass is 9.95. The lowest BCUT2D eigenvalue weighted by molar-refractivity contribution is -0.135. The minimum Gasteiger partial charge on any atom is -0.339 e. The van der Waals surface area contributed by atoms with Gasteiger partial charge >= 0.3 is 0 Å². The molecule has 128 valence electrons. The molecule has 1 atom stereocenters. The Morgan fingerprint density at radius 2 is 2.00 bits per heavy atom. The number of aryl methyl sites for hydroxylation is 1. The van der Waals surface area contributed by atoms with Crippen LogP contribution in [0.25, 0.3) is 0 Å². The number of piperidine rings is 2. The van der Waals surface area contributed by atoms with E-state index in [2.05, 4.69) is 38.4 Å². The van der Waals surface area contributed by atoms with Crippen molar-refractivity contribution in [1.29, 1.82) is 0 Å². The molecule has 23 heavy (non-hydrogen) atoms. The zero-order valence-corrected chi connectivity index (χ0v) is 14.4. The number of amides is 1. The molecule has 1 unspecified atom stereocenters. The van der Waals surface area contributed by atoms with Crippen molar-refractivity contribution in [2.75, 3.05) is 26.2 Å². The minimum atomic E-state index is 0.312. The van der Waals surface area contributed by atoms with Crippen molar-refractivity contribution in [3.05, 3.63) is 12.2 Å². The standard InChI is InChI=1S/C17H29N5O/c1-3-21-13-18-19-17(21)15-7-10-20(11-8-15)12-16(23)22-9-5-4-6-14(22)2/h13-15H,3-12H2,1-2H3. The largest absolute Gasteiger partial charge is 0.339 e. The molecule has 2 aliphatic rings. The van der Waals surface area contributed by atoms with Gasteiger partial charge in [0.2, 0.25) is 5.91 Å². The number of hydrogen-bond acceptors (Lipinski definition) is 4. The molecule has 3 heterocycles. The van der Waals surface area contributed by atoms with E-state index in [4.69, 9.17) is 0 Å². The summed E-state index contributed by atoms with van der Waals surface area (Å²) in [5, 5.41) is 8.34. The summed E-state index contributed by atoms with van der Waals surface area (Å²) >= 11 is 0. The summed E-state index contributed by atoms with van der Waals surface area (Å²) in [6.07, 6.45) is 7.53. The van der Waals surface area contributed by atoms with Gasteiger partial charge in [0.05, 0.1) is 6.54 Å². The average molecular weight is 319 g/mol. The van der Waals surface area contributed by atoms with Gasteiger partial charge < -0.3 is 9.47 Å². The van der Waals surface area contributed by atoms with Gasteiger partial charge in [-0.25, -0.2) is 0 Å². The summed E-state index contributed by atoms with van der Waals surface area (Å²) < 4.78 is 2.14. The Hall–Kier alpha value is -1.43. The summed E-state index contributed by atoms with van der Waals surface area (Å²) in [7, 11) is 0. The predicted octanol–water partition coefficient (Wildman–Crippen LogP) is 1.88. The molecule has 1 aromatic rings. The smallest absolute Gasteiger partial charge is 0.236 e. The van der Waals surface area contributed by atoms with Gasteiger partial charge in [0.15, 0.2) is 0 Å². The molecule has 0 spiro atoms. The Labute approximate surface area is 138 Å². The number of hydrogen-bond donors (Lipinski definition) is 0. The van der Waals surface area contributed by atoms with Gasteiger partial charge in [0.25, 0.3) is 0 Å². The van der Waals surface area contributed by atoms with E-state index in [0.717, 1.165) is 57.7 Å². The second-order valence-electron chi connectivity index (χ2n) is 6.96. The van der Waals surface area contributed by atoms with E-state index in [1.807, 2.05) is 6.33 Å². The van der Waals surface area contributed by atoms with Crippen LogP contribution in [0.3, 0.4) is 0 Å². The number of carbonyl (C=O) groups is 1. The Balaban J connectivity index is 1.50. The number of rotatable bonds is 4. The SMILES string of the molecule is CCn1cnnc1C1CCN(CC(=O)N2CCCCC2C)CC1. The molecule has 2 fully saturated rings. The Morgan fingerprint density at radius 1 is 1.22 bits per heavy atom. The predicted molar refractivity (Wildman–Crippen MR) is 89.1 cm³/mol. The molecule has 0 N–H and O–H groups in total. The third kappa shape index (κ3) is 3.74. The van der Waals surface area contributed by atoms with Crippen LogP contribution in [0.2, 0.25) is 0 Å². The minimum absolute atomic E-state index is 0.312. The molecule has 6 heteroatoms.